The van der Waals surface area contributed by atoms with E-state index >= 15 is 0 Å². The van der Waals surface area contributed by atoms with Gasteiger partial charge in [-0.15, -0.1) is 11.8 Å². The van der Waals surface area contributed by atoms with Gasteiger partial charge in [0.05, 0.1) is 25.7 Å². The van der Waals surface area contributed by atoms with Crippen molar-refractivity contribution in [3.63, 3.8) is 0 Å². The van der Waals surface area contributed by atoms with Gasteiger partial charge >= 0.3 is 0 Å². The lowest BCUT2D eigenvalue weighted by atomic mass is 10.1. The van der Waals surface area contributed by atoms with Crippen molar-refractivity contribution in [3.8, 4) is 11.5 Å². The molecule has 0 saturated carbocycles. The first-order valence-corrected chi connectivity index (χ1v) is 8.92. The summed E-state index contributed by atoms with van der Waals surface area (Å²) in [5, 5.41) is 0.0950. The number of amides is 1. The van der Waals surface area contributed by atoms with Gasteiger partial charge in [0.25, 0.3) is 0 Å². The molecule has 2 aromatic rings. The molecule has 128 valence electrons. The van der Waals surface area contributed by atoms with Gasteiger partial charge in [0, 0.05) is 19.8 Å². The molecular formula is C18H22N2O3S. The van der Waals surface area contributed by atoms with Gasteiger partial charge in [-0.3, -0.25) is 4.79 Å². The van der Waals surface area contributed by atoms with E-state index in [0.717, 1.165) is 29.2 Å². The van der Waals surface area contributed by atoms with Gasteiger partial charge in [0.2, 0.25) is 5.91 Å². The van der Waals surface area contributed by atoms with Crippen molar-refractivity contribution in [2.75, 3.05) is 26.5 Å². The van der Waals surface area contributed by atoms with Crippen LogP contribution >= 0.6 is 11.8 Å². The second kappa shape index (κ2) is 7.21. The molecular weight excluding hydrogens is 324 g/mol. The van der Waals surface area contributed by atoms with Crippen molar-refractivity contribution in [1.29, 1.82) is 0 Å². The van der Waals surface area contributed by atoms with Crippen molar-refractivity contribution in [1.82, 2.24) is 9.47 Å². The second-order valence-corrected chi connectivity index (χ2v) is 6.80. The minimum atomic E-state index is 0.0950. The molecule has 2 heterocycles. The third kappa shape index (κ3) is 3.24. The van der Waals surface area contributed by atoms with Crippen LogP contribution < -0.4 is 9.47 Å². The molecule has 0 N–H and O–H groups in total. The standard InChI is InChI=1S/C18H22N2O3S/c1-19-9-4-5-14(19)18-20(17(21)12-24-18)10-8-13-6-7-15(22-2)16(11-13)23-3/h4-7,9,11,18H,8,10,12H2,1-3H3. The fourth-order valence-corrected chi connectivity index (χ4v) is 4.24. The van der Waals surface area contributed by atoms with Crippen LogP contribution in [0.3, 0.4) is 0 Å². The molecule has 0 bridgehead atoms. The van der Waals surface area contributed by atoms with Crippen LogP contribution in [0.15, 0.2) is 36.5 Å². The minimum Gasteiger partial charge on any atom is -0.493 e. The summed E-state index contributed by atoms with van der Waals surface area (Å²) in [6.07, 6.45) is 2.80. The Labute approximate surface area is 146 Å². The fraction of sp³-hybridized carbons (Fsp3) is 0.389. The Hall–Kier alpha value is -2.08. The number of aromatic nitrogens is 1. The largest absolute Gasteiger partial charge is 0.493 e. The molecule has 1 fully saturated rings. The number of nitrogens with zero attached hydrogens (tertiary/aromatic N) is 2. The number of ether oxygens (including phenoxy) is 2. The predicted octanol–water partition coefficient (Wildman–Crippen LogP) is 2.86. The van der Waals surface area contributed by atoms with E-state index in [4.69, 9.17) is 9.47 Å². The van der Waals surface area contributed by atoms with E-state index in [1.165, 1.54) is 0 Å². The summed E-state index contributed by atoms with van der Waals surface area (Å²) in [5.74, 6) is 2.18. The second-order valence-electron chi connectivity index (χ2n) is 5.73. The van der Waals surface area contributed by atoms with Crippen molar-refractivity contribution in [2.45, 2.75) is 11.8 Å². The molecule has 0 spiro atoms. The number of hydrogen-bond acceptors (Lipinski definition) is 4. The summed E-state index contributed by atoms with van der Waals surface area (Å²) in [4.78, 5) is 14.3. The number of aryl methyl sites for hydroxylation is 1. The molecule has 3 rings (SSSR count). The van der Waals surface area contributed by atoms with Gasteiger partial charge in [-0.2, -0.15) is 0 Å². The highest BCUT2D eigenvalue weighted by molar-refractivity contribution is 8.00. The van der Waals surface area contributed by atoms with Crippen LogP contribution in [-0.2, 0) is 18.3 Å². The van der Waals surface area contributed by atoms with E-state index in [9.17, 15) is 4.79 Å². The third-order valence-electron chi connectivity index (χ3n) is 4.29. The number of carbonyl (C=O) groups excluding carboxylic acids is 1. The molecule has 1 saturated heterocycles. The van der Waals surface area contributed by atoms with Crippen LogP contribution in [0.4, 0.5) is 0 Å². The van der Waals surface area contributed by atoms with Crippen LogP contribution in [0, 0.1) is 0 Å². The van der Waals surface area contributed by atoms with Crippen molar-refractivity contribution >= 4 is 17.7 Å². The van der Waals surface area contributed by atoms with Crippen LogP contribution in [0.2, 0.25) is 0 Å². The molecule has 1 aliphatic rings. The van der Waals surface area contributed by atoms with Gasteiger partial charge in [0.15, 0.2) is 11.5 Å². The number of carbonyl (C=O) groups is 1. The summed E-state index contributed by atoms with van der Waals surface area (Å²) in [6.45, 7) is 0.692. The zero-order chi connectivity index (χ0) is 17.1. The summed E-state index contributed by atoms with van der Waals surface area (Å²) >= 11 is 1.69. The molecule has 6 heteroatoms. The molecule has 1 aromatic heterocycles. The Balaban J connectivity index is 1.73. The van der Waals surface area contributed by atoms with E-state index in [0.29, 0.717) is 12.3 Å². The average Bonchev–Trinajstić information content (AvgIpc) is 3.18. The Morgan fingerprint density at radius 1 is 1.21 bits per heavy atom. The molecule has 1 unspecified atom stereocenters. The highest BCUT2D eigenvalue weighted by atomic mass is 32.2. The van der Waals surface area contributed by atoms with Gasteiger partial charge < -0.3 is 18.9 Å². The van der Waals surface area contributed by atoms with Crippen molar-refractivity contribution in [3.05, 3.63) is 47.8 Å². The Morgan fingerprint density at radius 2 is 2.00 bits per heavy atom. The van der Waals surface area contributed by atoms with E-state index in [-0.39, 0.29) is 11.3 Å². The first-order chi connectivity index (χ1) is 11.6. The van der Waals surface area contributed by atoms with Crippen LogP contribution in [0.1, 0.15) is 16.6 Å². The number of benzene rings is 1. The topological polar surface area (TPSA) is 43.7 Å². The van der Waals surface area contributed by atoms with Gasteiger partial charge in [-0.25, -0.2) is 0 Å². The smallest absolute Gasteiger partial charge is 0.233 e. The molecule has 1 atom stereocenters. The highest BCUT2D eigenvalue weighted by Gasteiger charge is 2.33. The SMILES string of the molecule is COc1ccc(CCN2C(=O)CSC2c2cccn2C)cc1OC. The lowest BCUT2D eigenvalue weighted by Crippen LogP contribution is -2.31. The minimum absolute atomic E-state index is 0.0950. The van der Waals surface area contributed by atoms with E-state index < -0.39 is 0 Å². The van der Waals surface area contributed by atoms with E-state index in [2.05, 4.69) is 10.6 Å². The number of methoxy groups -OCH3 is 2. The van der Waals surface area contributed by atoms with Gasteiger partial charge in [-0.1, -0.05) is 6.07 Å². The summed E-state index contributed by atoms with van der Waals surface area (Å²) in [6, 6.07) is 10.0. The van der Waals surface area contributed by atoms with Crippen LogP contribution in [0.5, 0.6) is 11.5 Å². The maximum Gasteiger partial charge on any atom is 0.233 e. The zero-order valence-electron chi connectivity index (χ0n) is 14.2. The zero-order valence-corrected chi connectivity index (χ0v) is 15.0. The monoisotopic (exact) mass is 346 g/mol. The number of rotatable bonds is 6. The molecule has 24 heavy (non-hydrogen) atoms. The molecule has 5 nitrogen and oxygen atoms in total. The highest BCUT2D eigenvalue weighted by Crippen LogP contribution is 2.38. The normalized spacial score (nSPS) is 17.4. The molecule has 0 aliphatic carbocycles. The maximum absolute atomic E-state index is 12.3. The molecule has 1 amide bonds. The summed E-state index contributed by atoms with van der Waals surface area (Å²) in [5.41, 5.74) is 2.29. The van der Waals surface area contributed by atoms with Crippen LogP contribution in [-0.4, -0.2) is 41.9 Å². The third-order valence-corrected chi connectivity index (χ3v) is 5.52. The van der Waals surface area contributed by atoms with Gasteiger partial charge in [-0.05, 0) is 36.2 Å². The Kier molecular flexibility index (Phi) is 5.04. The fourth-order valence-electron chi connectivity index (χ4n) is 2.96. The lowest BCUT2D eigenvalue weighted by Gasteiger charge is -2.24. The first-order valence-electron chi connectivity index (χ1n) is 7.87. The Bertz CT molecular complexity index is 729. The molecule has 0 radical (unpaired) electrons. The van der Waals surface area contributed by atoms with E-state index in [1.807, 2.05) is 42.4 Å². The quantitative estimate of drug-likeness (QED) is 0.807. The maximum atomic E-state index is 12.3. The molecule has 1 aliphatic heterocycles. The van der Waals surface area contributed by atoms with E-state index in [1.54, 1.807) is 26.0 Å². The van der Waals surface area contributed by atoms with Crippen LogP contribution in [0.25, 0.3) is 0 Å². The lowest BCUT2D eigenvalue weighted by molar-refractivity contribution is -0.128. The van der Waals surface area contributed by atoms with Crippen molar-refractivity contribution < 1.29 is 14.3 Å². The Morgan fingerprint density at radius 3 is 2.67 bits per heavy atom. The predicted molar refractivity (Wildman–Crippen MR) is 95.6 cm³/mol. The van der Waals surface area contributed by atoms with Crippen molar-refractivity contribution in [2.24, 2.45) is 7.05 Å². The number of thioether (sulfide) groups is 1. The number of hydrogen-bond donors (Lipinski definition) is 0. The van der Waals surface area contributed by atoms with Gasteiger partial charge in [0.1, 0.15) is 5.37 Å². The first kappa shape index (κ1) is 16.8. The molecule has 1 aromatic carbocycles. The summed E-state index contributed by atoms with van der Waals surface area (Å²) in [7, 11) is 5.28. The summed E-state index contributed by atoms with van der Waals surface area (Å²) < 4.78 is 12.7. The average molecular weight is 346 g/mol.